The van der Waals surface area contributed by atoms with E-state index < -0.39 is 0 Å². The van der Waals surface area contributed by atoms with Gasteiger partial charge in [0.25, 0.3) is 0 Å². The molecular weight excluding hydrogens is 156 g/mol. The van der Waals surface area contributed by atoms with Crippen molar-refractivity contribution in [2.75, 3.05) is 20.1 Å². The third-order valence-electron chi connectivity index (χ3n) is 3.07. The number of hydrogen-bond donors (Lipinski definition) is 3. The Hall–Kier alpha value is -0.160. The number of likely N-dealkylation sites (N-methyl/N-ethyl adjacent to an activating group) is 1. The number of hydrogen-bond acceptors (Lipinski definition) is 4. The van der Waals surface area contributed by atoms with Crippen LogP contribution in [0, 0.1) is 0 Å². The predicted octanol–water partition coefficient (Wildman–Crippen LogP) is -1.62. The second-order valence-corrected chi connectivity index (χ2v) is 3.72. The molecule has 2 heterocycles. The van der Waals surface area contributed by atoms with Gasteiger partial charge in [-0.3, -0.25) is 4.90 Å². The lowest BCUT2D eigenvalue weighted by Gasteiger charge is -2.23. The van der Waals surface area contributed by atoms with Crippen LogP contribution in [0.4, 0.5) is 0 Å². The molecule has 0 spiro atoms. The monoisotopic (exact) mass is 172 g/mol. The fraction of sp³-hybridized carbons (Fsp3) is 1.00. The Balaban J connectivity index is 2.12. The number of aliphatic hydroxyl groups excluding tert-OH is 2. The number of nitrogens with one attached hydrogen (secondary N) is 1. The van der Waals surface area contributed by atoms with Gasteiger partial charge < -0.3 is 15.5 Å². The molecule has 3 N–H and O–H groups in total. The van der Waals surface area contributed by atoms with Crippen molar-refractivity contribution in [3.63, 3.8) is 0 Å². The molecular formula is C8H16N2O2. The van der Waals surface area contributed by atoms with Gasteiger partial charge in [-0.2, -0.15) is 0 Å². The molecule has 0 aromatic rings. The molecule has 2 rings (SSSR count). The maximum atomic E-state index is 9.63. The summed E-state index contributed by atoms with van der Waals surface area (Å²) in [7, 11) is 1.84. The van der Waals surface area contributed by atoms with E-state index in [0.717, 1.165) is 13.0 Å². The van der Waals surface area contributed by atoms with Crippen LogP contribution in [0.1, 0.15) is 6.42 Å². The summed E-state index contributed by atoms with van der Waals surface area (Å²) in [5.41, 5.74) is 0. The van der Waals surface area contributed by atoms with Crippen LogP contribution >= 0.6 is 0 Å². The lowest BCUT2D eigenvalue weighted by Crippen LogP contribution is -2.47. The highest BCUT2D eigenvalue weighted by atomic mass is 16.3. The highest BCUT2D eigenvalue weighted by molar-refractivity contribution is 5.04. The number of rotatable bonds is 1. The first kappa shape index (κ1) is 8.44. The molecule has 70 valence electrons. The minimum atomic E-state index is -0.324. The summed E-state index contributed by atoms with van der Waals surface area (Å²) in [4.78, 5) is 2.16. The maximum Gasteiger partial charge on any atom is 0.0836 e. The average molecular weight is 172 g/mol. The first-order chi connectivity index (χ1) is 5.74. The van der Waals surface area contributed by atoms with Gasteiger partial charge in [0.15, 0.2) is 0 Å². The highest BCUT2D eigenvalue weighted by Gasteiger charge is 2.47. The SMILES string of the molecule is CN[C@@H]1C2[C@@H](O)CCN2C[C@H]1O. The second kappa shape index (κ2) is 2.96. The van der Waals surface area contributed by atoms with Crippen molar-refractivity contribution in [2.45, 2.75) is 30.7 Å². The quantitative estimate of drug-likeness (QED) is 0.445. The van der Waals surface area contributed by atoms with Crippen molar-refractivity contribution >= 4 is 0 Å². The molecule has 0 saturated carbocycles. The van der Waals surface area contributed by atoms with Gasteiger partial charge in [-0.15, -0.1) is 0 Å². The summed E-state index contributed by atoms with van der Waals surface area (Å²) >= 11 is 0. The molecule has 4 nitrogen and oxygen atoms in total. The molecule has 2 aliphatic heterocycles. The summed E-state index contributed by atoms with van der Waals surface area (Å²) in [6.45, 7) is 1.62. The standard InChI is InChI=1S/C8H16N2O2/c1-9-7-6(12)4-10-3-2-5(11)8(7)10/h5-9,11-12H,2-4H2,1H3/t5-,6+,7-,8?/m0/s1. The first-order valence-corrected chi connectivity index (χ1v) is 4.51. The Labute approximate surface area is 72.2 Å². The van der Waals surface area contributed by atoms with Gasteiger partial charge in [0.2, 0.25) is 0 Å². The summed E-state index contributed by atoms with van der Waals surface area (Å²) in [6, 6.07) is 0.174. The average Bonchev–Trinajstić information content (AvgIpc) is 2.52. The van der Waals surface area contributed by atoms with Crippen molar-refractivity contribution in [3.8, 4) is 0 Å². The topological polar surface area (TPSA) is 55.7 Å². The van der Waals surface area contributed by atoms with Crippen molar-refractivity contribution < 1.29 is 10.2 Å². The summed E-state index contributed by atoms with van der Waals surface area (Å²) in [6.07, 6.45) is 0.254. The third-order valence-corrected chi connectivity index (χ3v) is 3.07. The zero-order chi connectivity index (χ0) is 8.72. The van der Waals surface area contributed by atoms with E-state index in [1.165, 1.54) is 0 Å². The van der Waals surface area contributed by atoms with Crippen LogP contribution < -0.4 is 5.32 Å². The Morgan fingerprint density at radius 2 is 2.08 bits per heavy atom. The zero-order valence-electron chi connectivity index (χ0n) is 7.27. The van der Waals surface area contributed by atoms with E-state index in [2.05, 4.69) is 10.2 Å². The molecule has 2 fully saturated rings. The molecule has 2 aliphatic rings. The Bertz CT molecular complexity index is 176. The Morgan fingerprint density at radius 1 is 1.33 bits per heavy atom. The van der Waals surface area contributed by atoms with Crippen molar-refractivity contribution in [2.24, 2.45) is 0 Å². The minimum Gasteiger partial charge on any atom is -0.391 e. The van der Waals surface area contributed by atoms with Crippen LogP contribution in [0.3, 0.4) is 0 Å². The molecule has 0 aromatic heterocycles. The first-order valence-electron chi connectivity index (χ1n) is 4.51. The summed E-state index contributed by atoms with van der Waals surface area (Å²) in [5.74, 6) is 0. The molecule has 0 aliphatic carbocycles. The fourth-order valence-corrected chi connectivity index (χ4v) is 2.49. The third kappa shape index (κ3) is 1.07. The van der Waals surface area contributed by atoms with Gasteiger partial charge >= 0.3 is 0 Å². The normalized spacial score (nSPS) is 48.2. The van der Waals surface area contributed by atoms with Crippen LogP contribution in [0.15, 0.2) is 0 Å². The lowest BCUT2D eigenvalue weighted by atomic mass is 10.0. The summed E-state index contributed by atoms with van der Waals surface area (Å²) < 4.78 is 0. The molecule has 12 heavy (non-hydrogen) atoms. The second-order valence-electron chi connectivity index (χ2n) is 3.72. The van der Waals surface area contributed by atoms with Gasteiger partial charge in [0.1, 0.15) is 0 Å². The number of aliphatic hydroxyl groups is 2. The van der Waals surface area contributed by atoms with Crippen LogP contribution in [0.5, 0.6) is 0 Å². The van der Waals surface area contributed by atoms with Crippen LogP contribution in [-0.2, 0) is 0 Å². The van der Waals surface area contributed by atoms with Gasteiger partial charge in [-0.1, -0.05) is 0 Å². The predicted molar refractivity (Wildman–Crippen MR) is 44.8 cm³/mol. The van der Waals surface area contributed by atoms with Crippen molar-refractivity contribution in [1.82, 2.24) is 10.2 Å². The molecule has 4 atom stereocenters. The molecule has 0 aromatic carbocycles. The molecule has 0 amide bonds. The van der Waals surface area contributed by atoms with E-state index in [9.17, 15) is 10.2 Å². The zero-order valence-corrected chi connectivity index (χ0v) is 7.27. The van der Waals surface area contributed by atoms with Gasteiger partial charge in [-0.05, 0) is 13.5 Å². The van der Waals surface area contributed by atoms with Crippen molar-refractivity contribution in [1.29, 1.82) is 0 Å². The van der Waals surface area contributed by atoms with Gasteiger partial charge in [-0.25, -0.2) is 0 Å². The fourth-order valence-electron chi connectivity index (χ4n) is 2.49. The smallest absolute Gasteiger partial charge is 0.0836 e. The highest BCUT2D eigenvalue weighted by Crippen LogP contribution is 2.28. The van der Waals surface area contributed by atoms with E-state index in [1.807, 2.05) is 7.05 Å². The maximum absolute atomic E-state index is 9.63. The van der Waals surface area contributed by atoms with E-state index >= 15 is 0 Å². The van der Waals surface area contributed by atoms with Crippen molar-refractivity contribution in [3.05, 3.63) is 0 Å². The molecule has 0 radical (unpaired) electrons. The Morgan fingerprint density at radius 3 is 2.75 bits per heavy atom. The lowest BCUT2D eigenvalue weighted by molar-refractivity contribution is 0.106. The minimum absolute atomic E-state index is 0.0440. The summed E-state index contributed by atoms with van der Waals surface area (Å²) in [5, 5.41) is 22.3. The number of fused-ring (bicyclic) bond motifs is 1. The molecule has 1 unspecified atom stereocenters. The van der Waals surface area contributed by atoms with Gasteiger partial charge in [0, 0.05) is 13.1 Å². The largest absolute Gasteiger partial charge is 0.391 e. The van der Waals surface area contributed by atoms with Gasteiger partial charge in [0.05, 0.1) is 24.3 Å². The number of nitrogens with zero attached hydrogens (tertiary/aromatic N) is 1. The molecule has 2 saturated heterocycles. The van der Waals surface area contributed by atoms with E-state index in [0.29, 0.717) is 6.54 Å². The van der Waals surface area contributed by atoms with Crippen LogP contribution in [0.2, 0.25) is 0 Å². The van der Waals surface area contributed by atoms with E-state index in [1.54, 1.807) is 0 Å². The van der Waals surface area contributed by atoms with E-state index in [4.69, 9.17) is 0 Å². The molecule has 0 bridgehead atoms. The van der Waals surface area contributed by atoms with Crippen LogP contribution in [-0.4, -0.2) is 59.5 Å². The molecule has 4 heteroatoms. The van der Waals surface area contributed by atoms with Crippen LogP contribution in [0.25, 0.3) is 0 Å². The Kier molecular flexibility index (Phi) is 2.08. The van der Waals surface area contributed by atoms with E-state index in [-0.39, 0.29) is 24.3 Å².